The Morgan fingerprint density at radius 2 is 1.78 bits per heavy atom. The number of unbranched alkanes of at least 4 members (excludes halogenated alkanes) is 1. The van der Waals surface area contributed by atoms with Gasteiger partial charge in [0, 0.05) is 36.5 Å². The summed E-state index contributed by atoms with van der Waals surface area (Å²) in [6, 6.07) is 13.8. The monoisotopic (exact) mass is 656 g/mol. The van der Waals surface area contributed by atoms with Crippen LogP contribution < -0.4 is 21.3 Å². The van der Waals surface area contributed by atoms with Crippen LogP contribution in [0.4, 0.5) is 0 Å². The Balaban J connectivity index is 1.86. The molecule has 0 radical (unpaired) electrons. The molecule has 0 saturated carbocycles. The van der Waals surface area contributed by atoms with Crippen LogP contribution >= 0.6 is 11.6 Å². The maximum absolute atomic E-state index is 13.8. The van der Waals surface area contributed by atoms with Gasteiger partial charge in [0.15, 0.2) is 0 Å². The fraction of sp³-hybridized carbons (Fsp3) is 0.500. The van der Waals surface area contributed by atoms with Crippen molar-refractivity contribution >= 4 is 41.2 Å². The first kappa shape index (κ1) is 36.5. The predicted octanol–water partition coefficient (Wildman–Crippen LogP) is 3.07. The van der Waals surface area contributed by atoms with Crippen molar-refractivity contribution in [1.82, 2.24) is 21.3 Å². The zero-order valence-corrected chi connectivity index (χ0v) is 27.1. The lowest BCUT2D eigenvalue weighted by Crippen LogP contribution is -2.55. The van der Waals surface area contributed by atoms with Crippen molar-refractivity contribution < 1.29 is 34.2 Å². The first-order valence-corrected chi connectivity index (χ1v) is 16.2. The van der Waals surface area contributed by atoms with Crippen molar-refractivity contribution in [2.75, 3.05) is 13.1 Å². The zero-order chi connectivity index (χ0) is 33.7. The molecule has 0 spiro atoms. The number of halogens is 1. The Morgan fingerprint density at radius 1 is 1.04 bits per heavy atom. The van der Waals surface area contributed by atoms with Gasteiger partial charge in [-0.15, -0.1) is 0 Å². The molecule has 12 heteroatoms. The Kier molecular flexibility index (Phi) is 14.0. The first-order valence-electron chi connectivity index (χ1n) is 15.8. The number of carbonyl (C=O) groups is 5. The van der Waals surface area contributed by atoms with Crippen molar-refractivity contribution in [1.29, 1.82) is 0 Å². The molecule has 0 aromatic heterocycles. The highest BCUT2D eigenvalue weighted by Gasteiger charge is 2.38. The number of hydrogen-bond donors (Lipinski definition) is 6. The molecule has 4 amide bonds. The molecule has 1 heterocycles. The summed E-state index contributed by atoms with van der Waals surface area (Å²) >= 11 is 6.18. The maximum atomic E-state index is 13.8. The van der Waals surface area contributed by atoms with Crippen LogP contribution in [0.1, 0.15) is 69.9 Å². The normalized spacial score (nSPS) is 17.6. The lowest BCUT2D eigenvalue weighted by atomic mass is 9.84. The third-order valence-corrected chi connectivity index (χ3v) is 8.48. The second kappa shape index (κ2) is 17.7. The molecule has 6 N–H and O–H groups in total. The lowest BCUT2D eigenvalue weighted by molar-refractivity contribution is -0.142. The van der Waals surface area contributed by atoms with Crippen LogP contribution in [0.15, 0.2) is 54.6 Å². The van der Waals surface area contributed by atoms with E-state index in [2.05, 4.69) is 21.3 Å². The van der Waals surface area contributed by atoms with E-state index in [4.69, 9.17) is 11.6 Å². The summed E-state index contributed by atoms with van der Waals surface area (Å²) in [6.07, 6.45) is 1.33. The molecule has 1 fully saturated rings. The highest BCUT2D eigenvalue weighted by molar-refractivity contribution is 6.30. The summed E-state index contributed by atoms with van der Waals surface area (Å²) in [4.78, 5) is 64.6. The molecule has 0 bridgehead atoms. The SMILES string of the molecule is CCCC[C@H](NC(=O)CC(O)(Cc1cccc(Cl)c1)c1ccccc1)C(=O)N[C@@H](C[C@@H]1CCNC1=O)C(CC(=O)O)C(=O)NCC. The van der Waals surface area contributed by atoms with E-state index in [9.17, 15) is 34.2 Å². The number of rotatable bonds is 18. The minimum absolute atomic E-state index is 0.0640. The summed E-state index contributed by atoms with van der Waals surface area (Å²) in [5.74, 6) is -4.80. The van der Waals surface area contributed by atoms with Crippen LogP contribution in [0.25, 0.3) is 0 Å². The van der Waals surface area contributed by atoms with E-state index in [1.54, 1.807) is 55.5 Å². The maximum Gasteiger partial charge on any atom is 0.304 e. The van der Waals surface area contributed by atoms with Gasteiger partial charge in [0.25, 0.3) is 0 Å². The highest BCUT2D eigenvalue weighted by Crippen LogP contribution is 2.30. The summed E-state index contributed by atoms with van der Waals surface area (Å²) in [6.45, 7) is 4.35. The van der Waals surface area contributed by atoms with Gasteiger partial charge in [-0.1, -0.05) is 73.8 Å². The Morgan fingerprint density at radius 3 is 2.39 bits per heavy atom. The molecule has 0 aliphatic carbocycles. The van der Waals surface area contributed by atoms with E-state index in [1.165, 1.54) is 0 Å². The summed E-state index contributed by atoms with van der Waals surface area (Å²) < 4.78 is 0. The zero-order valence-electron chi connectivity index (χ0n) is 26.4. The fourth-order valence-corrected chi connectivity index (χ4v) is 6.10. The van der Waals surface area contributed by atoms with Crippen molar-refractivity contribution in [3.05, 3.63) is 70.7 Å². The molecular weight excluding hydrogens is 612 g/mol. The number of aliphatic carboxylic acids is 1. The lowest BCUT2D eigenvalue weighted by Gasteiger charge is -2.31. The van der Waals surface area contributed by atoms with Crippen LogP contribution in [0.5, 0.6) is 0 Å². The van der Waals surface area contributed by atoms with E-state index in [1.807, 2.05) is 13.0 Å². The molecular formula is C34H45ClN4O7. The average Bonchev–Trinajstić information content (AvgIpc) is 3.41. The van der Waals surface area contributed by atoms with E-state index >= 15 is 0 Å². The smallest absolute Gasteiger partial charge is 0.304 e. The minimum Gasteiger partial charge on any atom is -0.481 e. The minimum atomic E-state index is -1.62. The van der Waals surface area contributed by atoms with Crippen LogP contribution in [0.3, 0.4) is 0 Å². The number of amides is 4. The van der Waals surface area contributed by atoms with Gasteiger partial charge in [0.1, 0.15) is 11.6 Å². The third kappa shape index (κ3) is 10.8. The van der Waals surface area contributed by atoms with Gasteiger partial charge >= 0.3 is 5.97 Å². The fourth-order valence-electron chi connectivity index (χ4n) is 5.88. The molecule has 2 unspecified atom stereocenters. The topological polar surface area (TPSA) is 174 Å². The molecule has 5 atom stereocenters. The van der Waals surface area contributed by atoms with Crippen LogP contribution in [0, 0.1) is 11.8 Å². The van der Waals surface area contributed by atoms with Gasteiger partial charge in [-0.2, -0.15) is 0 Å². The van der Waals surface area contributed by atoms with Gasteiger partial charge in [-0.05, 0) is 49.4 Å². The summed E-state index contributed by atoms with van der Waals surface area (Å²) in [5, 5.41) is 33.0. The number of nitrogens with one attached hydrogen (secondary N) is 4. The number of hydrogen-bond acceptors (Lipinski definition) is 6. The Hall–Kier alpha value is -3.96. The van der Waals surface area contributed by atoms with Gasteiger partial charge in [0.2, 0.25) is 23.6 Å². The second-order valence-electron chi connectivity index (χ2n) is 11.9. The molecule has 46 heavy (non-hydrogen) atoms. The second-order valence-corrected chi connectivity index (χ2v) is 12.3. The number of carbonyl (C=O) groups excluding carboxylic acids is 4. The van der Waals surface area contributed by atoms with E-state index in [0.717, 1.165) is 12.0 Å². The highest BCUT2D eigenvalue weighted by atomic mass is 35.5. The van der Waals surface area contributed by atoms with Crippen molar-refractivity contribution in [2.24, 2.45) is 11.8 Å². The summed E-state index contributed by atoms with van der Waals surface area (Å²) in [7, 11) is 0. The molecule has 1 aliphatic heterocycles. The molecule has 1 aliphatic rings. The number of aliphatic hydroxyl groups is 1. The van der Waals surface area contributed by atoms with E-state index in [-0.39, 0.29) is 38.1 Å². The molecule has 3 rings (SSSR count). The Bertz CT molecular complexity index is 1360. The molecule has 2 aromatic carbocycles. The quantitative estimate of drug-likeness (QED) is 0.143. The van der Waals surface area contributed by atoms with Crippen LogP contribution in [-0.4, -0.2) is 65.0 Å². The van der Waals surface area contributed by atoms with Gasteiger partial charge < -0.3 is 31.5 Å². The number of benzene rings is 2. The van der Waals surface area contributed by atoms with Crippen molar-refractivity contribution in [2.45, 2.75) is 82.9 Å². The van der Waals surface area contributed by atoms with Crippen molar-refractivity contribution in [3.63, 3.8) is 0 Å². The van der Waals surface area contributed by atoms with Crippen LogP contribution in [-0.2, 0) is 36.0 Å². The molecule has 2 aromatic rings. The predicted molar refractivity (Wildman–Crippen MR) is 174 cm³/mol. The van der Waals surface area contributed by atoms with E-state index < -0.39 is 59.6 Å². The summed E-state index contributed by atoms with van der Waals surface area (Å²) in [5.41, 5.74) is -0.376. The molecule has 1 saturated heterocycles. The Labute approximate surface area is 274 Å². The van der Waals surface area contributed by atoms with Crippen molar-refractivity contribution in [3.8, 4) is 0 Å². The average molecular weight is 657 g/mol. The van der Waals surface area contributed by atoms with Gasteiger partial charge in [-0.25, -0.2) is 0 Å². The third-order valence-electron chi connectivity index (χ3n) is 8.24. The number of carboxylic acid groups (broad SMARTS) is 1. The molecule has 11 nitrogen and oxygen atoms in total. The van der Waals surface area contributed by atoms with Gasteiger partial charge in [0.05, 0.1) is 18.8 Å². The first-order chi connectivity index (χ1) is 21.9. The molecule has 250 valence electrons. The number of carboxylic acids is 1. The van der Waals surface area contributed by atoms with Crippen LogP contribution in [0.2, 0.25) is 5.02 Å². The van der Waals surface area contributed by atoms with Gasteiger partial charge in [-0.3, -0.25) is 24.0 Å². The van der Waals surface area contributed by atoms with E-state index in [0.29, 0.717) is 30.0 Å². The standard InChI is InChI=1S/C34H45ClN4O7/c1-3-5-14-27(33(45)39-28(18-23-15-16-37-31(23)43)26(19-30(41)42)32(44)36-4-2)38-29(40)21-34(46,24-11-7-6-8-12-24)20-22-10-9-13-25(35)17-22/h6-13,17,23,26-28,46H,3-5,14-16,18-21H2,1-2H3,(H,36,44)(H,37,43)(H,38,40)(H,39,45)(H,41,42)/t23-,26?,27-,28-,34?/m0/s1. The largest absolute Gasteiger partial charge is 0.481 e.